The molecule has 1 aromatic heterocycles. The number of nitrogens with one attached hydrogen (secondary N) is 1. The molecule has 18 heavy (non-hydrogen) atoms. The van der Waals surface area contributed by atoms with Crippen molar-refractivity contribution in [1.29, 1.82) is 0 Å². The largest absolute Gasteiger partial charge is 0.335 e. The molecule has 0 spiro atoms. The van der Waals surface area contributed by atoms with Crippen molar-refractivity contribution in [2.24, 2.45) is 5.92 Å². The zero-order valence-corrected chi connectivity index (χ0v) is 10.8. The first-order valence-corrected chi connectivity index (χ1v) is 7.14. The number of allylic oxidation sites excluding steroid dienone is 1. The van der Waals surface area contributed by atoms with Gasteiger partial charge in [-0.2, -0.15) is 4.98 Å². The van der Waals surface area contributed by atoms with E-state index >= 15 is 0 Å². The molecule has 0 bridgehead atoms. The molecule has 98 valence electrons. The van der Waals surface area contributed by atoms with Gasteiger partial charge in [0, 0.05) is 19.0 Å². The van der Waals surface area contributed by atoms with Crippen LogP contribution in [0.2, 0.25) is 0 Å². The van der Waals surface area contributed by atoms with E-state index in [0.717, 1.165) is 18.9 Å². The molecule has 2 aliphatic rings. The Morgan fingerprint density at radius 1 is 1.11 bits per heavy atom. The van der Waals surface area contributed by atoms with Crippen LogP contribution in [-0.2, 0) is 0 Å². The molecule has 4 heteroatoms. The summed E-state index contributed by atoms with van der Waals surface area (Å²) in [6, 6.07) is 0. The minimum absolute atomic E-state index is 0.453. The maximum absolute atomic E-state index is 5.27. The first-order chi connectivity index (χ1) is 8.92. The Kier molecular flexibility index (Phi) is 3.74. The first kappa shape index (κ1) is 11.9. The highest BCUT2D eigenvalue weighted by atomic mass is 16.5. The van der Waals surface area contributed by atoms with E-state index in [1.165, 1.54) is 38.5 Å². The second kappa shape index (κ2) is 5.65. The fourth-order valence-electron chi connectivity index (χ4n) is 2.67. The predicted molar refractivity (Wildman–Crippen MR) is 70.1 cm³/mol. The molecular formula is C14H21N3O. The van der Waals surface area contributed by atoms with Crippen LogP contribution in [0.4, 0.5) is 0 Å². The lowest BCUT2D eigenvalue weighted by Gasteiger charge is -2.23. The van der Waals surface area contributed by atoms with Crippen molar-refractivity contribution in [3.05, 3.63) is 17.8 Å². The predicted octanol–water partition coefficient (Wildman–Crippen LogP) is 2.74. The van der Waals surface area contributed by atoms with Crippen molar-refractivity contribution in [3.63, 3.8) is 0 Å². The Morgan fingerprint density at radius 2 is 1.89 bits per heavy atom. The van der Waals surface area contributed by atoms with Crippen molar-refractivity contribution in [2.45, 2.75) is 44.4 Å². The van der Waals surface area contributed by atoms with Gasteiger partial charge in [-0.05, 0) is 24.8 Å². The highest BCUT2D eigenvalue weighted by Gasteiger charge is 2.23. The van der Waals surface area contributed by atoms with Crippen LogP contribution in [0.1, 0.15) is 56.2 Å². The van der Waals surface area contributed by atoms with Crippen molar-refractivity contribution < 1.29 is 4.52 Å². The Labute approximate surface area is 108 Å². The summed E-state index contributed by atoms with van der Waals surface area (Å²) < 4.78 is 5.27. The van der Waals surface area contributed by atoms with E-state index in [9.17, 15) is 0 Å². The highest BCUT2D eigenvalue weighted by Crippen LogP contribution is 2.24. The lowest BCUT2D eigenvalue weighted by molar-refractivity contribution is 0.373. The lowest BCUT2D eigenvalue weighted by Crippen LogP contribution is -2.40. The van der Waals surface area contributed by atoms with E-state index in [1.54, 1.807) is 0 Å². The molecule has 3 rings (SSSR count). The number of nitrogens with zero attached hydrogens (tertiary/aromatic N) is 2. The monoisotopic (exact) mass is 247 g/mol. The molecule has 2 fully saturated rings. The average Bonchev–Trinajstić information content (AvgIpc) is 2.61. The van der Waals surface area contributed by atoms with E-state index in [-0.39, 0.29) is 0 Å². The summed E-state index contributed by atoms with van der Waals surface area (Å²) >= 11 is 0. The van der Waals surface area contributed by atoms with E-state index in [4.69, 9.17) is 4.52 Å². The van der Waals surface area contributed by atoms with Gasteiger partial charge < -0.3 is 9.84 Å². The number of rotatable bonds is 3. The second-order valence-corrected chi connectivity index (χ2v) is 5.46. The van der Waals surface area contributed by atoms with Crippen LogP contribution >= 0.6 is 0 Å². The molecular weight excluding hydrogens is 226 g/mol. The average molecular weight is 247 g/mol. The molecule has 1 N–H and O–H groups in total. The minimum Gasteiger partial charge on any atom is -0.335 e. The van der Waals surface area contributed by atoms with Crippen molar-refractivity contribution in [1.82, 2.24) is 15.5 Å². The van der Waals surface area contributed by atoms with E-state index in [0.29, 0.717) is 17.7 Å². The van der Waals surface area contributed by atoms with Gasteiger partial charge in [-0.3, -0.25) is 0 Å². The van der Waals surface area contributed by atoms with Crippen LogP contribution in [0.25, 0.3) is 6.08 Å². The maximum atomic E-state index is 5.27. The summed E-state index contributed by atoms with van der Waals surface area (Å²) in [5.74, 6) is 2.68. The summed E-state index contributed by atoms with van der Waals surface area (Å²) in [5, 5.41) is 7.26. The van der Waals surface area contributed by atoms with Crippen LogP contribution < -0.4 is 5.32 Å². The molecule has 4 nitrogen and oxygen atoms in total. The van der Waals surface area contributed by atoms with Gasteiger partial charge in [-0.1, -0.05) is 36.9 Å². The molecule has 1 aliphatic carbocycles. The summed E-state index contributed by atoms with van der Waals surface area (Å²) in [6.07, 6.45) is 12.4. The van der Waals surface area contributed by atoms with Crippen LogP contribution in [-0.4, -0.2) is 23.2 Å². The Hall–Kier alpha value is -1.16. The van der Waals surface area contributed by atoms with Crippen LogP contribution in [0.15, 0.2) is 10.6 Å². The topological polar surface area (TPSA) is 51.0 Å². The van der Waals surface area contributed by atoms with Crippen molar-refractivity contribution >= 4 is 6.08 Å². The number of hydrogen-bond donors (Lipinski definition) is 1. The SMILES string of the molecule is C(=C\C1CCCCCC1)/c1nc(C2CNC2)no1. The molecule has 0 unspecified atom stereocenters. The van der Waals surface area contributed by atoms with Gasteiger partial charge in [0.1, 0.15) is 0 Å². The molecule has 0 aromatic carbocycles. The highest BCUT2D eigenvalue weighted by molar-refractivity contribution is 5.38. The molecule has 1 aliphatic heterocycles. The normalized spacial score (nSPS) is 23.1. The summed E-state index contributed by atoms with van der Waals surface area (Å²) in [6.45, 7) is 1.95. The fraction of sp³-hybridized carbons (Fsp3) is 0.714. The third-order valence-electron chi connectivity index (χ3n) is 4.01. The van der Waals surface area contributed by atoms with Crippen LogP contribution in [0, 0.1) is 5.92 Å². The van der Waals surface area contributed by atoms with Crippen molar-refractivity contribution in [3.8, 4) is 0 Å². The molecule has 0 amide bonds. The van der Waals surface area contributed by atoms with E-state index in [2.05, 4.69) is 21.5 Å². The quantitative estimate of drug-likeness (QED) is 0.834. The molecule has 2 heterocycles. The minimum atomic E-state index is 0.453. The zero-order chi connectivity index (χ0) is 12.2. The summed E-state index contributed by atoms with van der Waals surface area (Å²) in [4.78, 5) is 4.44. The van der Waals surface area contributed by atoms with Gasteiger partial charge in [0.05, 0.1) is 0 Å². The smallest absolute Gasteiger partial charge is 0.250 e. The second-order valence-electron chi connectivity index (χ2n) is 5.46. The number of hydrogen-bond acceptors (Lipinski definition) is 4. The van der Waals surface area contributed by atoms with Crippen molar-refractivity contribution in [2.75, 3.05) is 13.1 Å². The van der Waals surface area contributed by atoms with Crippen LogP contribution in [0.5, 0.6) is 0 Å². The first-order valence-electron chi connectivity index (χ1n) is 7.14. The Balaban J connectivity index is 1.58. The maximum Gasteiger partial charge on any atom is 0.250 e. The zero-order valence-electron chi connectivity index (χ0n) is 10.8. The third-order valence-corrected chi connectivity index (χ3v) is 4.01. The Bertz CT molecular complexity index is 401. The van der Waals surface area contributed by atoms with E-state index < -0.39 is 0 Å². The number of aromatic nitrogens is 2. The third kappa shape index (κ3) is 2.80. The molecule has 0 atom stereocenters. The summed E-state index contributed by atoms with van der Waals surface area (Å²) in [5.41, 5.74) is 0. The Morgan fingerprint density at radius 3 is 2.56 bits per heavy atom. The standard InChI is InChI=1S/C14H21N3O/c1-2-4-6-11(5-3-1)7-8-13-16-14(17-18-13)12-9-15-10-12/h7-8,11-12,15H,1-6,9-10H2/b8-7+. The van der Waals surface area contributed by atoms with Gasteiger partial charge in [0.2, 0.25) is 5.89 Å². The molecule has 1 aromatic rings. The van der Waals surface area contributed by atoms with Gasteiger partial charge in [-0.15, -0.1) is 0 Å². The fourth-order valence-corrected chi connectivity index (χ4v) is 2.67. The lowest BCUT2D eigenvalue weighted by atomic mass is 10.00. The molecule has 1 saturated heterocycles. The van der Waals surface area contributed by atoms with Gasteiger partial charge >= 0.3 is 0 Å². The summed E-state index contributed by atoms with van der Waals surface area (Å²) in [7, 11) is 0. The molecule has 0 radical (unpaired) electrons. The van der Waals surface area contributed by atoms with Gasteiger partial charge in [0.25, 0.3) is 0 Å². The van der Waals surface area contributed by atoms with Crippen LogP contribution in [0.3, 0.4) is 0 Å². The van der Waals surface area contributed by atoms with Gasteiger partial charge in [0.15, 0.2) is 5.82 Å². The van der Waals surface area contributed by atoms with Gasteiger partial charge in [-0.25, -0.2) is 0 Å². The van der Waals surface area contributed by atoms with E-state index in [1.807, 2.05) is 6.08 Å². The molecule has 1 saturated carbocycles.